The lowest BCUT2D eigenvalue weighted by molar-refractivity contribution is 0.0522. The number of ketones is 1. The Kier molecular flexibility index (Phi) is 4.69. The van der Waals surface area contributed by atoms with Crippen LogP contribution in [0.3, 0.4) is 0 Å². The summed E-state index contributed by atoms with van der Waals surface area (Å²) < 4.78 is 5.57. The molecule has 0 atom stereocenters. The zero-order valence-corrected chi connectivity index (χ0v) is 12.5. The van der Waals surface area contributed by atoms with E-state index in [9.17, 15) is 9.59 Å². The first kappa shape index (κ1) is 14.5. The third kappa shape index (κ3) is 2.96. The van der Waals surface area contributed by atoms with Crippen LogP contribution >= 0.6 is 15.9 Å². The molecule has 3 nitrogen and oxygen atoms in total. The first-order chi connectivity index (χ1) is 9.65. The standard InChI is InChI=1S/C16H13BrO3/c1-2-20-16(19)14-12(9-6-10-13(14)17)15(18)11-7-4-3-5-8-11/h3-10H,2H2,1H3. The van der Waals surface area contributed by atoms with Gasteiger partial charge >= 0.3 is 5.97 Å². The number of hydrogen-bond acceptors (Lipinski definition) is 3. The summed E-state index contributed by atoms with van der Waals surface area (Å²) in [4.78, 5) is 24.5. The minimum Gasteiger partial charge on any atom is -0.462 e. The Morgan fingerprint density at radius 1 is 1.05 bits per heavy atom. The van der Waals surface area contributed by atoms with E-state index in [0.29, 0.717) is 15.6 Å². The smallest absolute Gasteiger partial charge is 0.340 e. The molecule has 2 rings (SSSR count). The molecule has 4 heteroatoms. The van der Waals surface area contributed by atoms with Crippen molar-refractivity contribution in [3.8, 4) is 0 Å². The number of halogens is 1. The highest BCUT2D eigenvalue weighted by Crippen LogP contribution is 2.24. The van der Waals surface area contributed by atoms with Crippen molar-refractivity contribution in [3.63, 3.8) is 0 Å². The quantitative estimate of drug-likeness (QED) is 0.630. The van der Waals surface area contributed by atoms with E-state index in [1.165, 1.54) is 0 Å². The number of esters is 1. The normalized spacial score (nSPS) is 10.1. The van der Waals surface area contributed by atoms with Crippen molar-refractivity contribution in [3.05, 3.63) is 69.7 Å². The maximum Gasteiger partial charge on any atom is 0.340 e. The van der Waals surface area contributed by atoms with Crippen molar-refractivity contribution in [2.45, 2.75) is 6.92 Å². The van der Waals surface area contributed by atoms with Crippen LogP contribution in [0.15, 0.2) is 53.0 Å². The molecule has 0 aromatic heterocycles. The lowest BCUT2D eigenvalue weighted by Crippen LogP contribution is -2.13. The van der Waals surface area contributed by atoms with Crippen LogP contribution in [-0.4, -0.2) is 18.4 Å². The molecular formula is C16H13BrO3. The average molecular weight is 333 g/mol. The number of ether oxygens (including phenoxy) is 1. The highest BCUT2D eigenvalue weighted by atomic mass is 79.9. The SMILES string of the molecule is CCOC(=O)c1c(Br)cccc1C(=O)c1ccccc1. The number of carbonyl (C=O) groups excluding carboxylic acids is 2. The van der Waals surface area contributed by atoms with E-state index < -0.39 is 5.97 Å². The minimum atomic E-state index is -0.501. The van der Waals surface area contributed by atoms with Crippen LogP contribution in [0.25, 0.3) is 0 Å². The van der Waals surface area contributed by atoms with Gasteiger partial charge in [-0.15, -0.1) is 0 Å². The molecule has 0 N–H and O–H groups in total. The Hall–Kier alpha value is -1.94. The minimum absolute atomic E-state index is 0.199. The van der Waals surface area contributed by atoms with Crippen LogP contribution in [0.5, 0.6) is 0 Å². The van der Waals surface area contributed by atoms with Gasteiger partial charge in [0.25, 0.3) is 0 Å². The Morgan fingerprint density at radius 3 is 2.40 bits per heavy atom. The molecule has 0 bridgehead atoms. The van der Waals surface area contributed by atoms with Gasteiger partial charge in [0.2, 0.25) is 0 Å². The van der Waals surface area contributed by atoms with Crippen LogP contribution < -0.4 is 0 Å². The summed E-state index contributed by atoms with van der Waals surface area (Å²) in [5.41, 5.74) is 1.14. The van der Waals surface area contributed by atoms with E-state index in [1.54, 1.807) is 49.4 Å². The Labute approximate surface area is 125 Å². The topological polar surface area (TPSA) is 43.4 Å². The summed E-state index contributed by atoms with van der Waals surface area (Å²) in [6.45, 7) is 1.99. The van der Waals surface area contributed by atoms with Crippen LogP contribution in [-0.2, 0) is 4.74 Å². The second-order valence-corrected chi connectivity index (χ2v) is 4.93. The molecule has 2 aromatic rings. The molecule has 0 aliphatic rings. The molecule has 0 spiro atoms. The molecule has 0 aliphatic heterocycles. The first-order valence-electron chi connectivity index (χ1n) is 6.20. The molecule has 0 fully saturated rings. The Morgan fingerprint density at radius 2 is 1.75 bits per heavy atom. The van der Waals surface area contributed by atoms with E-state index in [0.717, 1.165) is 0 Å². The Balaban J connectivity index is 2.49. The monoisotopic (exact) mass is 332 g/mol. The van der Waals surface area contributed by atoms with Crippen molar-refractivity contribution < 1.29 is 14.3 Å². The summed E-state index contributed by atoms with van der Waals surface area (Å²) in [7, 11) is 0. The van der Waals surface area contributed by atoms with Crippen LogP contribution in [0.1, 0.15) is 33.2 Å². The van der Waals surface area contributed by atoms with Gasteiger partial charge in [0.05, 0.1) is 12.2 Å². The number of hydrogen-bond donors (Lipinski definition) is 0. The van der Waals surface area contributed by atoms with Crippen molar-refractivity contribution in [1.29, 1.82) is 0 Å². The van der Waals surface area contributed by atoms with E-state index in [1.807, 2.05) is 6.07 Å². The molecule has 102 valence electrons. The van der Waals surface area contributed by atoms with Crippen molar-refractivity contribution in [2.24, 2.45) is 0 Å². The number of rotatable bonds is 4. The van der Waals surface area contributed by atoms with E-state index in [2.05, 4.69) is 15.9 Å². The predicted octanol–water partition coefficient (Wildman–Crippen LogP) is 3.86. The lowest BCUT2D eigenvalue weighted by Gasteiger charge is -2.10. The fourth-order valence-corrected chi connectivity index (χ4v) is 2.40. The van der Waals surface area contributed by atoms with Crippen LogP contribution in [0.4, 0.5) is 0 Å². The molecule has 0 heterocycles. The second-order valence-electron chi connectivity index (χ2n) is 4.08. The summed E-state index contributed by atoms with van der Waals surface area (Å²) in [5.74, 6) is -0.700. The number of benzene rings is 2. The molecule has 0 unspecified atom stereocenters. The highest BCUT2D eigenvalue weighted by molar-refractivity contribution is 9.10. The van der Waals surface area contributed by atoms with E-state index in [-0.39, 0.29) is 18.0 Å². The molecule has 0 radical (unpaired) electrons. The predicted molar refractivity (Wildman–Crippen MR) is 80.0 cm³/mol. The maximum atomic E-state index is 12.5. The van der Waals surface area contributed by atoms with E-state index >= 15 is 0 Å². The van der Waals surface area contributed by atoms with Gasteiger partial charge in [0.1, 0.15) is 0 Å². The molecule has 0 saturated heterocycles. The second kappa shape index (κ2) is 6.48. The zero-order valence-electron chi connectivity index (χ0n) is 10.9. The Bertz CT molecular complexity index is 635. The summed E-state index contributed by atoms with van der Waals surface area (Å²) in [6, 6.07) is 13.9. The van der Waals surface area contributed by atoms with Crippen LogP contribution in [0, 0.1) is 0 Å². The van der Waals surface area contributed by atoms with Gasteiger partial charge in [-0.3, -0.25) is 4.79 Å². The summed E-state index contributed by atoms with van der Waals surface area (Å²) >= 11 is 3.31. The molecule has 0 saturated carbocycles. The third-order valence-corrected chi connectivity index (χ3v) is 3.43. The summed E-state index contributed by atoms with van der Waals surface area (Å²) in [5, 5.41) is 0. The third-order valence-electron chi connectivity index (χ3n) is 2.77. The van der Waals surface area contributed by atoms with Gasteiger partial charge in [-0.05, 0) is 28.9 Å². The van der Waals surface area contributed by atoms with Gasteiger partial charge in [-0.2, -0.15) is 0 Å². The van der Waals surface area contributed by atoms with Crippen molar-refractivity contribution in [1.82, 2.24) is 0 Å². The fourth-order valence-electron chi connectivity index (χ4n) is 1.87. The zero-order chi connectivity index (χ0) is 14.5. The largest absolute Gasteiger partial charge is 0.462 e. The molecular weight excluding hydrogens is 320 g/mol. The van der Waals surface area contributed by atoms with Gasteiger partial charge in [-0.25, -0.2) is 4.79 Å². The van der Waals surface area contributed by atoms with E-state index in [4.69, 9.17) is 4.74 Å². The van der Waals surface area contributed by atoms with Crippen LogP contribution in [0.2, 0.25) is 0 Å². The fraction of sp³-hybridized carbons (Fsp3) is 0.125. The first-order valence-corrected chi connectivity index (χ1v) is 6.99. The van der Waals surface area contributed by atoms with Gasteiger partial charge < -0.3 is 4.74 Å². The van der Waals surface area contributed by atoms with Crippen molar-refractivity contribution >= 4 is 27.7 Å². The van der Waals surface area contributed by atoms with Crippen molar-refractivity contribution in [2.75, 3.05) is 6.61 Å². The average Bonchev–Trinajstić information content (AvgIpc) is 2.47. The van der Waals surface area contributed by atoms with Gasteiger partial charge in [0.15, 0.2) is 5.78 Å². The molecule has 2 aromatic carbocycles. The van der Waals surface area contributed by atoms with Gasteiger partial charge in [-0.1, -0.05) is 42.5 Å². The number of carbonyl (C=O) groups is 2. The molecule has 0 amide bonds. The maximum absolute atomic E-state index is 12.5. The molecule has 20 heavy (non-hydrogen) atoms. The van der Waals surface area contributed by atoms with Gasteiger partial charge in [0, 0.05) is 15.6 Å². The lowest BCUT2D eigenvalue weighted by atomic mass is 9.98. The summed E-state index contributed by atoms with van der Waals surface area (Å²) in [6.07, 6.45) is 0. The highest BCUT2D eigenvalue weighted by Gasteiger charge is 2.21. The molecule has 0 aliphatic carbocycles.